The first-order chi connectivity index (χ1) is 8.70. The number of halogens is 2. The highest BCUT2D eigenvalue weighted by atomic mass is 35.5. The van der Waals surface area contributed by atoms with Crippen molar-refractivity contribution in [3.05, 3.63) is 28.0 Å². The molecule has 0 aromatic carbocycles. The zero-order chi connectivity index (χ0) is 13.0. The predicted octanol–water partition coefficient (Wildman–Crippen LogP) is 4.62. The Balaban J connectivity index is 2.12. The van der Waals surface area contributed by atoms with Crippen molar-refractivity contribution in [1.29, 1.82) is 0 Å². The van der Waals surface area contributed by atoms with Crippen LogP contribution in [0.1, 0.15) is 50.8 Å². The summed E-state index contributed by atoms with van der Waals surface area (Å²) in [5, 5.41) is 4.77. The Morgan fingerprint density at radius 1 is 1.39 bits per heavy atom. The molecule has 1 saturated carbocycles. The molecule has 2 rings (SSSR count). The lowest BCUT2D eigenvalue weighted by atomic mass is 9.96. The van der Waals surface area contributed by atoms with Gasteiger partial charge in [0.15, 0.2) is 0 Å². The van der Waals surface area contributed by atoms with E-state index in [4.69, 9.17) is 23.2 Å². The minimum absolute atomic E-state index is 0.253. The number of rotatable bonds is 5. The molecule has 2 nitrogen and oxygen atoms in total. The molecule has 1 aliphatic rings. The third kappa shape index (κ3) is 3.59. The SMILES string of the molecule is CCNC(CC1CCCC1)c1ncc(Cl)cc1Cl. The topological polar surface area (TPSA) is 24.9 Å². The van der Waals surface area contributed by atoms with Crippen molar-refractivity contribution in [2.24, 2.45) is 5.92 Å². The van der Waals surface area contributed by atoms with Gasteiger partial charge in [-0.15, -0.1) is 0 Å². The van der Waals surface area contributed by atoms with Gasteiger partial charge < -0.3 is 5.32 Å². The van der Waals surface area contributed by atoms with Gasteiger partial charge in [0, 0.05) is 6.20 Å². The van der Waals surface area contributed by atoms with Gasteiger partial charge in [-0.05, 0) is 24.9 Å². The first-order valence-corrected chi connectivity index (χ1v) is 7.50. The average molecular weight is 287 g/mol. The number of aromatic nitrogens is 1. The highest BCUT2D eigenvalue weighted by Crippen LogP contribution is 2.34. The molecule has 1 aromatic heterocycles. The van der Waals surface area contributed by atoms with Crippen molar-refractivity contribution in [2.45, 2.75) is 45.1 Å². The maximum Gasteiger partial charge on any atom is 0.0760 e. The van der Waals surface area contributed by atoms with Crippen LogP contribution in [-0.2, 0) is 0 Å². The van der Waals surface area contributed by atoms with Crippen molar-refractivity contribution < 1.29 is 0 Å². The Morgan fingerprint density at radius 3 is 2.72 bits per heavy atom. The Morgan fingerprint density at radius 2 is 2.11 bits per heavy atom. The summed E-state index contributed by atoms with van der Waals surface area (Å²) in [7, 11) is 0. The Bertz CT molecular complexity index is 389. The zero-order valence-corrected chi connectivity index (χ0v) is 12.3. The van der Waals surface area contributed by atoms with E-state index < -0.39 is 0 Å². The highest BCUT2D eigenvalue weighted by Gasteiger charge is 2.23. The molecule has 1 heterocycles. The minimum Gasteiger partial charge on any atom is -0.309 e. The molecular formula is C14H20Cl2N2. The van der Waals surface area contributed by atoms with Gasteiger partial charge in [0.2, 0.25) is 0 Å². The van der Waals surface area contributed by atoms with Gasteiger partial charge in [-0.2, -0.15) is 0 Å². The summed E-state index contributed by atoms with van der Waals surface area (Å²) in [6, 6.07) is 2.03. The first kappa shape index (κ1) is 14.1. The van der Waals surface area contributed by atoms with E-state index in [1.165, 1.54) is 25.7 Å². The molecule has 0 amide bonds. The maximum absolute atomic E-state index is 6.26. The molecule has 18 heavy (non-hydrogen) atoms. The molecule has 1 atom stereocenters. The van der Waals surface area contributed by atoms with Gasteiger partial charge in [0.25, 0.3) is 0 Å². The summed E-state index contributed by atoms with van der Waals surface area (Å²) in [6.45, 7) is 3.05. The molecule has 1 aliphatic carbocycles. The van der Waals surface area contributed by atoms with Crippen molar-refractivity contribution >= 4 is 23.2 Å². The third-order valence-electron chi connectivity index (χ3n) is 3.66. The number of nitrogens with one attached hydrogen (secondary N) is 1. The van der Waals surface area contributed by atoms with Gasteiger partial charge in [-0.3, -0.25) is 4.98 Å². The van der Waals surface area contributed by atoms with Gasteiger partial charge in [0.1, 0.15) is 0 Å². The lowest BCUT2D eigenvalue weighted by Crippen LogP contribution is -2.24. The van der Waals surface area contributed by atoms with E-state index in [9.17, 15) is 0 Å². The third-order valence-corrected chi connectivity index (χ3v) is 4.17. The van der Waals surface area contributed by atoms with Crippen LogP contribution in [0, 0.1) is 5.92 Å². The molecule has 0 spiro atoms. The van der Waals surface area contributed by atoms with Crippen LogP contribution >= 0.6 is 23.2 Å². The molecular weight excluding hydrogens is 267 g/mol. The second-order valence-electron chi connectivity index (χ2n) is 5.02. The Kier molecular flexibility index (Phi) is 5.28. The minimum atomic E-state index is 0.253. The van der Waals surface area contributed by atoms with Crippen LogP contribution in [-0.4, -0.2) is 11.5 Å². The van der Waals surface area contributed by atoms with E-state index in [-0.39, 0.29) is 6.04 Å². The predicted molar refractivity (Wildman–Crippen MR) is 77.2 cm³/mol. The fraction of sp³-hybridized carbons (Fsp3) is 0.643. The fourth-order valence-electron chi connectivity index (χ4n) is 2.80. The number of nitrogens with zero attached hydrogens (tertiary/aromatic N) is 1. The fourth-order valence-corrected chi connectivity index (χ4v) is 3.31. The molecule has 0 aliphatic heterocycles. The van der Waals surface area contributed by atoms with Crippen molar-refractivity contribution in [3.63, 3.8) is 0 Å². The quantitative estimate of drug-likeness (QED) is 0.854. The lowest BCUT2D eigenvalue weighted by molar-refractivity contribution is 0.395. The van der Waals surface area contributed by atoms with Gasteiger partial charge in [0.05, 0.1) is 21.8 Å². The van der Waals surface area contributed by atoms with Crippen LogP contribution in [0.3, 0.4) is 0 Å². The monoisotopic (exact) mass is 286 g/mol. The molecule has 0 radical (unpaired) electrons. The van der Waals surface area contributed by atoms with E-state index in [1.807, 2.05) is 0 Å². The lowest BCUT2D eigenvalue weighted by Gasteiger charge is -2.21. The van der Waals surface area contributed by atoms with Crippen molar-refractivity contribution in [2.75, 3.05) is 6.54 Å². The Labute approximate surface area is 119 Å². The first-order valence-electron chi connectivity index (χ1n) is 6.75. The number of pyridine rings is 1. The summed E-state index contributed by atoms with van der Waals surface area (Å²) < 4.78 is 0. The van der Waals surface area contributed by atoms with Crippen LogP contribution in [0.2, 0.25) is 10.0 Å². The smallest absolute Gasteiger partial charge is 0.0760 e. The molecule has 1 fully saturated rings. The van der Waals surface area contributed by atoms with Crippen LogP contribution in [0.4, 0.5) is 0 Å². The summed E-state index contributed by atoms with van der Waals surface area (Å²) in [6.07, 6.45) is 8.22. The number of hydrogen-bond donors (Lipinski definition) is 1. The molecule has 1 aromatic rings. The van der Waals surface area contributed by atoms with Crippen LogP contribution in [0.15, 0.2) is 12.3 Å². The van der Waals surface area contributed by atoms with Gasteiger partial charge in [-0.25, -0.2) is 0 Å². The molecule has 4 heteroatoms. The molecule has 0 saturated heterocycles. The summed E-state index contributed by atoms with van der Waals surface area (Å²) in [5.41, 5.74) is 0.940. The molecule has 1 N–H and O–H groups in total. The second kappa shape index (κ2) is 6.74. The highest BCUT2D eigenvalue weighted by molar-refractivity contribution is 6.34. The maximum atomic E-state index is 6.26. The second-order valence-corrected chi connectivity index (χ2v) is 5.86. The van der Waals surface area contributed by atoms with Crippen molar-refractivity contribution in [3.8, 4) is 0 Å². The summed E-state index contributed by atoms with van der Waals surface area (Å²) >= 11 is 12.2. The van der Waals surface area contributed by atoms with Crippen LogP contribution < -0.4 is 5.32 Å². The standard InChI is InChI=1S/C14H20Cl2N2/c1-2-17-13(7-10-5-3-4-6-10)14-12(16)8-11(15)9-18-14/h8-10,13,17H,2-7H2,1H3. The van der Waals surface area contributed by atoms with Gasteiger partial charge in [-0.1, -0.05) is 55.8 Å². The van der Waals surface area contributed by atoms with E-state index in [2.05, 4.69) is 17.2 Å². The number of hydrogen-bond acceptors (Lipinski definition) is 2. The zero-order valence-electron chi connectivity index (χ0n) is 10.8. The summed E-state index contributed by atoms with van der Waals surface area (Å²) in [4.78, 5) is 4.41. The molecule has 100 valence electrons. The van der Waals surface area contributed by atoms with E-state index >= 15 is 0 Å². The van der Waals surface area contributed by atoms with E-state index in [0.717, 1.165) is 24.6 Å². The Hall–Kier alpha value is -0.310. The molecule has 0 bridgehead atoms. The van der Waals surface area contributed by atoms with Crippen molar-refractivity contribution in [1.82, 2.24) is 10.3 Å². The van der Waals surface area contributed by atoms with E-state index in [0.29, 0.717) is 10.0 Å². The van der Waals surface area contributed by atoms with Crippen LogP contribution in [0.25, 0.3) is 0 Å². The average Bonchev–Trinajstić information content (AvgIpc) is 2.81. The summed E-state index contributed by atoms with van der Waals surface area (Å²) in [5.74, 6) is 0.808. The molecule has 1 unspecified atom stereocenters. The largest absolute Gasteiger partial charge is 0.309 e. The van der Waals surface area contributed by atoms with E-state index in [1.54, 1.807) is 12.3 Å². The normalized spacial score (nSPS) is 18.2. The van der Waals surface area contributed by atoms with Crippen LogP contribution in [0.5, 0.6) is 0 Å². The van der Waals surface area contributed by atoms with Gasteiger partial charge >= 0.3 is 0 Å².